The maximum absolute atomic E-state index is 14.0. The van der Waals surface area contributed by atoms with Gasteiger partial charge in [-0.1, -0.05) is 11.6 Å². The lowest BCUT2D eigenvalue weighted by Crippen LogP contribution is -2.43. The van der Waals surface area contributed by atoms with Gasteiger partial charge in [0.05, 0.1) is 48.1 Å². The van der Waals surface area contributed by atoms with Crippen LogP contribution in [0.25, 0.3) is 17.1 Å². The standard InChI is InChI=1S/C31H35ClF3N9O7S/c1-51-18-21-3-2-10-41(21)28(46)22-8-9-36-15-23(22)44-27(29(47)40-11-13-52(49,50)14-12-40)37-25(38-44)17-43-30(48)42(16-24(45)31(33,34)35)26(39-43)19-4-6-20(32)7-5-19/h4-9,15,21,24,45,49-50H,2-3,10-14,16-18H2,1H3/t21?,24-/m0/s1. The molecule has 5 heterocycles. The minimum absolute atomic E-state index is 0.00941. The van der Waals surface area contributed by atoms with Gasteiger partial charge in [-0.05, 0) is 43.2 Å². The summed E-state index contributed by atoms with van der Waals surface area (Å²) in [5.74, 6) is -1.82. The number of pyridine rings is 1. The third-order valence-electron chi connectivity index (χ3n) is 8.81. The molecule has 2 fully saturated rings. The Kier molecular flexibility index (Phi) is 10.8. The third-order valence-corrected chi connectivity index (χ3v) is 10.7. The van der Waals surface area contributed by atoms with Crippen LogP contribution in [-0.2, 0) is 17.8 Å². The third kappa shape index (κ3) is 7.86. The van der Waals surface area contributed by atoms with Crippen molar-refractivity contribution in [2.45, 2.75) is 44.3 Å². The molecule has 3 N–H and O–H groups in total. The van der Waals surface area contributed by atoms with Crippen molar-refractivity contribution in [1.82, 2.24) is 43.9 Å². The molecule has 1 unspecified atom stereocenters. The van der Waals surface area contributed by atoms with Crippen LogP contribution in [0.2, 0.25) is 5.02 Å². The summed E-state index contributed by atoms with van der Waals surface area (Å²) in [4.78, 5) is 53.1. The first-order valence-electron chi connectivity index (χ1n) is 16.1. The van der Waals surface area contributed by atoms with Crippen LogP contribution in [0.4, 0.5) is 13.2 Å². The van der Waals surface area contributed by atoms with Gasteiger partial charge in [-0.25, -0.2) is 19.1 Å². The van der Waals surface area contributed by atoms with Crippen LogP contribution < -0.4 is 5.69 Å². The van der Waals surface area contributed by atoms with Gasteiger partial charge in [0.1, 0.15) is 6.54 Å². The van der Waals surface area contributed by atoms with E-state index in [-0.39, 0.29) is 70.8 Å². The van der Waals surface area contributed by atoms with Crippen molar-refractivity contribution >= 4 is 34.0 Å². The number of aromatic nitrogens is 7. The normalized spacial score (nSPS) is 18.8. The topological polar surface area (TPSA) is 194 Å². The lowest BCUT2D eigenvalue weighted by molar-refractivity contribution is -0.207. The highest BCUT2D eigenvalue weighted by molar-refractivity contribution is 8.24. The van der Waals surface area contributed by atoms with Crippen molar-refractivity contribution in [3.63, 3.8) is 0 Å². The second-order valence-electron chi connectivity index (χ2n) is 12.3. The summed E-state index contributed by atoms with van der Waals surface area (Å²) in [5, 5.41) is 18.9. The molecule has 0 spiro atoms. The van der Waals surface area contributed by atoms with Crippen molar-refractivity contribution in [3.8, 4) is 17.1 Å². The molecule has 2 saturated heterocycles. The van der Waals surface area contributed by atoms with Gasteiger partial charge >= 0.3 is 11.9 Å². The molecule has 16 nitrogen and oxygen atoms in total. The summed E-state index contributed by atoms with van der Waals surface area (Å²) in [6.07, 6.45) is -3.70. The van der Waals surface area contributed by atoms with Gasteiger partial charge in [0.25, 0.3) is 11.8 Å². The minimum atomic E-state index is -5.03. The molecule has 2 amide bonds. The number of benzene rings is 1. The molecule has 0 radical (unpaired) electrons. The molecule has 280 valence electrons. The van der Waals surface area contributed by atoms with Crippen LogP contribution in [0.15, 0.2) is 47.5 Å². The Morgan fingerprint density at radius 3 is 2.46 bits per heavy atom. The molecule has 1 aromatic carbocycles. The Morgan fingerprint density at radius 2 is 1.79 bits per heavy atom. The summed E-state index contributed by atoms with van der Waals surface area (Å²) in [7, 11) is -1.33. The zero-order chi connectivity index (χ0) is 37.4. The van der Waals surface area contributed by atoms with Crippen LogP contribution in [0.1, 0.15) is 39.6 Å². The number of halogens is 4. The molecular formula is C31H35ClF3N9O7S. The summed E-state index contributed by atoms with van der Waals surface area (Å²) >= 11 is 5.99. The second-order valence-corrected chi connectivity index (χ2v) is 15.2. The van der Waals surface area contributed by atoms with E-state index in [2.05, 4.69) is 20.2 Å². The average molecular weight is 770 g/mol. The summed E-state index contributed by atoms with van der Waals surface area (Å²) in [6.45, 7) is -0.935. The van der Waals surface area contributed by atoms with E-state index < -0.39 is 47.6 Å². The van der Waals surface area contributed by atoms with Gasteiger partial charge in [-0.2, -0.15) is 23.8 Å². The summed E-state index contributed by atoms with van der Waals surface area (Å²) < 4.78 is 68.4. The largest absolute Gasteiger partial charge is 0.416 e. The Bertz CT molecular complexity index is 1990. The smallest absolute Gasteiger partial charge is 0.383 e. The lowest BCUT2D eigenvalue weighted by atomic mass is 10.1. The highest BCUT2D eigenvalue weighted by Crippen LogP contribution is 2.40. The number of rotatable bonds is 10. The van der Waals surface area contributed by atoms with Crippen LogP contribution >= 0.6 is 22.2 Å². The van der Waals surface area contributed by atoms with E-state index in [0.717, 1.165) is 22.2 Å². The van der Waals surface area contributed by atoms with Gasteiger partial charge in [-0.15, -0.1) is 10.2 Å². The fourth-order valence-corrected chi connectivity index (χ4v) is 7.45. The predicted octanol–water partition coefficient (Wildman–Crippen LogP) is 2.77. The van der Waals surface area contributed by atoms with Gasteiger partial charge < -0.3 is 19.6 Å². The molecule has 0 bridgehead atoms. The number of ether oxygens (including phenoxy) is 1. The Balaban J connectivity index is 1.42. The summed E-state index contributed by atoms with van der Waals surface area (Å²) in [5.41, 5.74) is -0.572. The van der Waals surface area contributed by atoms with Gasteiger partial charge in [0, 0.05) is 43.5 Å². The highest BCUT2D eigenvalue weighted by atomic mass is 35.5. The van der Waals surface area contributed by atoms with Gasteiger partial charge in [0.15, 0.2) is 17.8 Å². The van der Waals surface area contributed by atoms with Gasteiger partial charge in [0.2, 0.25) is 5.82 Å². The Morgan fingerprint density at radius 1 is 1.08 bits per heavy atom. The zero-order valence-electron chi connectivity index (χ0n) is 27.7. The molecule has 4 aromatic rings. The first kappa shape index (κ1) is 37.4. The number of aliphatic hydroxyl groups excluding tert-OH is 1. The van der Waals surface area contributed by atoms with E-state index in [0.29, 0.717) is 22.7 Å². The number of hydrogen-bond acceptors (Lipinski definition) is 11. The Labute approximate surface area is 300 Å². The highest BCUT2D eigenvalue weighted by Gasteiger charge is 2.40. The number of aliphatic hydroxyl groups is 1. The SMILES string of the molecule is COCC1CCCN1C(=O)c1ccncc1-n1nc(Cn2nc(-c3ccc(Cl)cc3)n(C[C@H](O)C(F)(F)F)c2=O)nc1C(=O)N1CCS(O)(O)CC1. The average Bonchev–Trinajstić information content (AvgIpc) is 3.83. The molecular weight excluding hydrogens is 735 g/mol. The monoisotopic (exact) mass is 769 g/mol. The molecule has 0 aliphatic carbocycles. The van der Waals surface area contributed by atoms with E-state index in [1.807, 2.05) is 0 Å². The Hall–Kier alpha value is -4.34. The number of hydrogen-bond donors (Lipinski definition) is 3. The van der Waals surface area contributed by atoms with Crippen LogP contribution in [-0.4, -0.2) is 133 Å². The number of alkyl halides is 3. The quantitative estimate of drug-likeness (QED) is 0.215. The van der Waals surface area contributed by atoms with Crippen LogP contribution in [0, 0.1) is 0 Å². The van der Waals surface area contributed by atoms with E-state index in [9.17, 15) is 41.8 Å². The first-order chi connectivity index (χ1) is 24.7. The van der Waals surface area contributed by atoms with Crippen molar-refractivity contribution < 1.29 is 41.7 Å². The maximum atomic E-state index is 14.0. The van der Waals surface area contributed by atoms with E-state index in [4.69, 9.17) is 16.3 Å². The van der Waals surface area contributed by atoms with Crippen molar-refractivity contribution in [2.75, 3.05) is 44.9 Å². The fourth-order valence-electron chi connectivity index (χ4n) is 6.09. The van der Waals surface area contributed by atoms with Crippen LogP contribution in [0.3, 0.4) is 0 Å². The number of nitrogens with zero attached hydrogens (tertiary/aromatic N) is 9. The minimum Gasteiger partial charge on any atom is -0.383 e. The van der Waals surface area contributed by atoms with Gasteiger partial charge in [-0.3, -0.25) is 28.2 Å². The second kappa shape index (κ2) is 15.0. The molecule has 2 aliphatic heterocycles. The molecule has 52 heavy (non-hydrogen) atoms. The van der Waals surface area contributed by atoms with Crippen LogP contribution in [0.5, 0.6) is 0 Å². The van der Waals surface area contributed by atoms with E-state index in [1.165, 1.54) is 47.6 Å². The van der Waals surface area contributed by atoms with E-state index in [1.54, 1.807) is 12.0 Å². The van der Waals surface area contributed by atoms with E-state index >= 15 is 0 Å². The number of carbonyl (C=O) groups is 2. The number of amides is 2. The predicted molar refractivity (Wildman–Crippen MR) is 182 cm³/mol. The zero-order valence-corrected chi connectivity index (χ0v) is 29.3. The first-order valence-corrected chi connectivity index (χ1v) is 18.3. The number of carbonyl (C=O) groups excluding carboxylic acids is 2. The molecule has 2 aliphatic rings. The van der Waals surface area contributed by atoms with Crippen molar-refractivity contribution in [2.24, 2.45) is 0 Å². The molecule has 3 aromatic heterocycles. The lowest BCUT2D eigenvalue weighted by Gasteiger charge is -2.40. The van der Waals surface area contributed by atoms with Crippen molar-refractivity contribution in [1.29, 1.82) is 0 Å². The molecule has 2 atom stereocenters. The fraction of sp³-hybridized carbons (Fsp3) is 0.452. The number of methoxy groups -OCH3 is 1. The maximum Gasteiger partial charge on any atom is 0.416 e. The molecule has 0 saturated carbocycles. The number of likely N-dealkylation sites (tertiary alicyclic amines) is 1. The molecule has 6 rings (SSSR count). The van der Waals surface area contributed by atoms with Crippen molar-refractivity contribution in [3.05, 3.63) is 75.4 Å². The molecule has 21 heteroatoms. The summed E-state index contributed by atoms with van der Waals surface area (Å²) in [6, 6.07) is 7.09.